The molecule has 56 heavy (non-hydrogen) atoms. The number of thioether (sulfide) groups is 1. The van der Waals surface area contributed by atoms with Crippen molar-refractivity contribution >= 4 is 23.6 Å². The van der Waals surface area contributed by atoms with Crippen LogP contribution in [0.3, 0.4) is 0 Å². The van der Waals surface area contributed by atoms with E-state index in [2.05, 4.69) is 5.32 Å². The molecule has 1 aromatic heterocycles. The van der Waals surface area contributed by atoms with Gasteiger partial charge in [0.15, 0.2) is 12.1 Å². The number of ether oxygens (including phenoxy) is 2. The molecular weight excluding hydrogens is 727 g/mol. The van der Waals surface area contributed by atoms with Crippen LogP contribution in [0.4, 0.5) is 0 Å². The van der Waals surface area contributed by atoms with E-state index in [4.69, 9.17) is 24.1 Å². The molecule has 1 aliphatic heterocycles. The number of aliphatic hydroxyl groups is 1. The number of hydroxylamine groups is 1. The third-order valence-corrected chi connectivity index (χ3v) is 10.6. The second-order valence-corrected chi connectivity index (χ2v) is 14.5. The number of oxazole rings is 1. The average Bonchev–Trinajstić information content (AvgIpc) is 3.70. The van der Waals surface area contributed by atoms with Gasteiger partial charge in [-0.25, -0.2) is 10.5 Å². The maximum absolute atomic E-state index is 12.4. The molecule has 3 atom stereocenters. The molecule has 0 bridgehead atoms. The standard InChI is InChI=1S/C45H43N3O7S/c49-28-30-18-20-32(21-19-30)39-26-37(29-56-45-47-42(33-10-3-1-4-11-33)43(55-45)34-12-5-2-6-13-34)53-44(54-39)35-24-22-31(23-25-35)38-15-8-7-14-36(38)27-46-40(50)16-9-17-41(51)48-52/h1-8,10-15,18-25,37,39,44,49,52H,9,16-17,26-29H2,(H,46,50)(H,48,51)/t37-,39+,44+/m0/s1. The largest absolute Gasteiger partial charge is 0.431 e. The van der Waals surface area contributed by atoms with Crippen molar-refractivity contribution < 1.29 is 33.8 Å². The quantitative estimate of drug-likeness (QED) is 0.0458. The van der Waals surface area contributed by atoms with Gasteiger partial charge < -0.3 is 24.3 Å². The van der Waals surface area contributed by atoms with Gasteiger partial charge in [-0.3, -0.25) is 14.8 Å². The lowest BCUT2D eigenvalue weighted by molar-refractivity contribution is -0.245. The molecule has 286 valence electrons. The van der Waals surface area contributed by atoms with Crippen LogP contribution in [-0.4, -0.2) is 39.0 Å². The van der Waals surface area contributed by atoms with Gasteiger partial charge in [0, 0.05) is 48.3 Å². The maximum Gasteiger partial charge on any atom is 0.256 e. The molecule has 10 nitrogen and oxygen atoms in total. The van der Waals surface area contributed by atoms with Crippen molar-refractivity contribution in [2.75, 3.05) is 5.75 Å². The SMILES string of the molecule is O=C(CCCC(=O)NCc1ccccc1-c1ccc([C@@H]2O[C@H](CSc3nc(-c4ccccc4)c(-c4ccccc4)o3)C[C@H](c3ccc(CO)cc3)O2)cc1)NO. The first-order valence-corrected chi connectivity index (χ1v) is 19.6. The molecule has 0 unspecified atom stereocenters. The van der Waals surface area contributed by atoms with E-state index in [1.165, 1.54) is 11.8 Å². The molecule has 1 saturated heterocycles. The minimum absolute atomic E-state index is 0.0315. The number of hydrogen-bond acceptors (Lipinski definition) is 9. The summed E-state index contributed by atoms with van der Waals surface area (Å²) < 4.78 is 19.7. The number of carbonyl (C=O) groups excluding carboxylic acids is 2. The van der Waals surface area contributed by atoms with Gasteiger partial charge >= 0.3 is 0 Å². The Morgan fingerprint density at radius 3 is 2.11 bits per heavy atom. The second kappa shape index (κ2) is 18.9. The zero-order valence-electron chi connectivity index (χ0n) is 30.7. The van der Waals surface area contributed by atoms with Crippen molar-refractivity contribution in [3.05, 3.63) is 156 Å². The molecule has 6 aromatic rings. The zero-order valence-corrected chi connectivity index (χ0v) is 31.5. The molecule has 5 aromatic carbocycles. The lowest BCUT2D eigenvalue weighted by atomic mass is 9.97. The van der Waals surface area contributed by atoms with E-state index in [1.54, 1.807) is 5.48 Å². The molecule has 2 amide bonds. The first-order valence-electron chi connectivity index (χ1n) is 18.6. The summed E-state index contributed by atoms with van der Waals surface area (Å²) in [6.45, 7) is 0.300. The third-order valence-electron chi connectivity index (χ3n) is 9.62. The number of nitrogens with zero attached hydrogens (tertiary/aromatic N) is 1. The summed E-state index contributed by atoms with van der Waals surface area (Å²) in [7, 11) is 0. The number of amides is 2. The second-order valence-electron chi connectivity index (χ2n) is 13.5. The van der Waals surface area contributed by atoms with Gasteiger partial charge in [0.2, 0.25) is 11.8 Å². The fourth-order valence-corrected chi connectivity index (χ4v) is 7.49. The predicted octanol–water partition coefficient (Wildman–Crippen LogP) is 8.80. The number of hydrogen-bond donors (Lipinski definition) is 4. The van der Waals surface area contributed by atoms with Crippen LogP contribution >= 0.6 is 11.8 Å². The predicted molar refractivity (Wildman–Crippen MR) is 214 cm³/mol. The molecule has 0 radical (unpaired) electrons. The van der Waals surface area contributed by atoms with E-state index in [-0.39, 0.29) is 37.6 Å². The summed E-state index contributed by atoms with van der Waals surface area (Å²) in [4.78, 5) is 28.7. The van der Waals surface area contributed by atoms with Gasteiger partial charge in [0.1, 0.15) is 5.69 Å². The van der Waals surface area contributed by atoms with Crippen LogP contribution < -0.4 is 10.8 Å². The van der Waals surface area contributed by atoms with Crippen LogP contribution in [0.2, 0.25) is 0 Å². The minimum atomic E-state index is -0.641. The lowest BCUT2D eigenvalue weighted by Crippen LogP contribution is -2.31. The molecule has 1 aliphatic rings. The van der Waals surface area contributed by atoms with Gasteiger partial charge in [-0.05, 0) is 34.2 Å². The van der Waals surface area contributed by atoms with Crippen LogP contribution in [0.25, 0.3) is 33.7 Å². The summed E-state index contributed by atoms with van der Waals surface area (Å²) >= 11 is 1.52. The smallest absolute Gasteiger partial charge is 0.256 e. The van der Waals surface area contributed by atoms with Crippen molar-refractivity contribution in [1.82, 2.24) is 15.8 Å². The Morgan fingerprint density at radius 1 is 0.732 bits per heavy atom. The lowest BCUT2D eigenvalue weighted by Gasteiger charge is -2.36. The molecule has 1 fully saturated rings. The Kier molecular flexibility index (Phi) is 13.0. The van der Waals surface area contributed by atoms with Crippen molar-refractivity contribution in [3.63, 3.8) is 0 Å². The topological polar surface area (TPSA) is 143 Å². The van der Waals surface area contributed by atoms with E-state index < -0.39 is 12.2 Å². The van der Waals surface area contributed by atoms with Gasteiger partial charge in [-0.15, -0.1) is 0 Å². The van der Waals surface area contributed by atoms with Crippen molar-refractivity contribution in [2.24, 2.45) is 0 Å². The Morgan fingerprint density at radius 2 is 1.39 bits per heavy atom. The van der Waals surface area contributed by atoms with E-state index in [0.29, 0.717) is 30.4 Å². The Labute approximate surface area is 329 Å². The van der Waals surface area contributed by atoms with Gasteiger partial charge in [0.25, 0.3) is 5.22 Å². The van der Waals surface area contributed by atoms with Crippen LogP contribution in [0.1, 0.15) is 60.3 Å². The molecular formula is C45H43N3O7S. The molecule has 2 heterocycles. The highest BCUT2D eigenvalue weighted by Gasteiger charge is 2.33. The normalized spacial score (nSPS) is 16.6. The number of benzene rings is 5. The van der Waals surface area contributed by atoms with E-state index in [9.17, 15) is 14.7 Å². The fourth-order valence-electron chi connectivity index (χ4n) is 6.65. The number of aliphatic hydroxyl groups excluding tert-OH is 1. The van der Waals surface area contributed by atoms with E-state index in [1.807, 2.05) is 133 Å². The van der Waals surface area contributed by atoms with Crippen molar-refractivity contribution in [2.45, 2.75) is 62.6 Å². The molecule has 0 spiro atoms. The number of aromatic nitrogens is 1. The summed E-state index contributed by atoms with van der Waals surface area (Å²) in [6.07, 6.45) is 0.117. The molecule has 0 saturated carbocycles. The zero-order chi connectivity index (χ0) is 38.7. The first kappa shape index (κ1) is 38.7. The Hall–Kier alpha value is -5.56. The van der Waals surface area contributed by atoms with Crippen molar-refractivity contribution in [1.29, 1.82) is 0 Å². The third kappa shape index (κ3) is 9.81. The van der Waals surface area contributed by atoms with Gasteiger partial charge in [0.05, 0.1) is 18.8 Å². The molecule has 4 N–H and O–H groups in total. The van der Waals surface area contributed by atoms with Crippen molar-refractivity contribution in [3.8, 4) is 33.7 Å². The summed E-state index contributed by atoms with van der Waals surface area (Å²) in [5.41, 5.74) is 9.93. The highest BCUT2D eigenvalue weighted by atomic mass is 32.2. The summed E-state index contributed by atoms with van der Waals surface area (Å²) in [6, 6.07) is 43.9. The van der Waals surface area contributed by atoms with E-state index >= 15 is 0 Å². The number of rotatable bonds is 15. The van der Waals surface area contributed by atoms with Gasteiger partial charge in [-0.1, -0.05) is 145 Å². The summed E-state index contributed by atoms with van der Waals surface area (Å²) in [5, 5.41) is 21.8. The Balaban J connectivity index is 1.08. The molecule has 7 rings (SSSR count). The fraction of sp³-hybridized carbons (Fsp3) is 0.222. The van der Waals surface area contributed by atoms with Crippen LogP contribution in [0.5, 0.6) is 0 Å². The first-order chi connectivity index (χ1) is 27.5. The number of nitrogens with one attached hydrogen (secondary N) is 2. The minimum Gasteiger partial charge on any atom is -0.431 e. The molecule has 11 heteroatoms. The van der Waals surface area contributed by atoms with Gasteiger partial charge in [-0.2, -0.15) is 0 Å². The molecule has 0 aliphatic carbocycles. The summed E-state index contributed by atoms with van der Waals surface area (Å²) in [5.74, 6) is 0.621. The van der Waals surface area contributed by atoms with Crippen LogP contribution in [-0.2, 0) is 32.2 Å². The highest BCUT2D eigenvalue weighted by molar-refractivity contribution is 7.99. The Bertz CT molecular complexity index is 2140. The van der Waals surface area contributed by atoms with Crippen LogP contribution in [0.15, 0.2) is 143 Å². The van der Waals surface area contributed by atoms with Crippen LogP contribution in [0, 0.1) is 0 Å². The van der Waals surface area contributed by atoms with E-state index in [0.717, 1.165) is 56.0 Å². The number of carbonyl (C=O) groups is 2. The maximum atomic E-state index is 12.4. The highest BCUT2D eigenvalue weighted by Crippen LogP contribution is 2.41. The monoisotopic (exact) mass is 769 g/mol. The average molecular weight is 770 g/mol.